The molecule has 1 aromatic carbocycles. The van der Waals surface area contributed by atoms with Crippen molar-refractivity contribution >= 4 is 5.57 Å². The van der Waals surface area contributed by atoms with Gasteiger partial charge in [0.2, 0.25) is 0 Å². The van der Waals surface area contributed by atoms with Gasteiger partial charge < -0.3 is 4.74 Å². The highest BCUT2D eigenvalue weighted by Gasteiger charge is 2.36. The van der Waals surface area contributed by atoms with Gasteiger partial charge in [0.15, 0.2) is 0 Å². The molecule has 0 unspecified atom stereocenters. The fraction of sp³-hybridized carbons (Fsp3) is 0.619. The first-order valence-electron chi connectivity index (χ1n) is 8.81. The molecule has 0 fully saturated rings. The Bertz CT molecular complexity index is 512. The molecule has 2 rings (SSSR count). The van der Waals surface area contributed by atoms with E-state index in [4.69, 9.17) is 4.74 Å². The molecule has 0 radical (unpaired) electrons. The molecule has 0 N–H and O–H groups in total. The van der Waals surface area contributed by atoms with Crippen LogP contribution in [0.15, 0.2) is 30.3 Å². The van der Waals surface area contributed by atoms with Crippen molar-refractivity contribution in [3.8, 4) is 5.75 Å². The Kier molecular flexibility index (Phi) is 5.36. The van der Waals surface area contributed by atoms with Crippen molar-refractivity contribution in [2.24, 2.45) is 17.8 Å². The number of hydrogen-bond acceptors (Lipinski definition) is 1. The molecule has 0 spiro atoms. The lowest BCUT2D eigenvalue weighted by Gasteiger charge is -2.40. The summed E-state index contributed by atoms with van der Waals surface area (Å²) in [5.41, 5.74) is 2.62. The van der Waals surface area contributed by atoms with E-state index in [2.05, 4.69) is 71.9 Å². The van der Waals surface area contributed by atoms with Crippen molar-refractivity contribution in [2.45, 2.75) is 66.4 Å². The van der Waals surface area contributed by atoms with Crippen LogP contribution in [0.1, 0.15) is 66.4 Å². The molecule has 1 heteroatoms. The molecule has 1 aliphatic rings. The smallest absolute Gasteiger partial charge is 0.128 e. The van der Waals surface area contributed by atoms with E-state index in [9.17, 15) is 0 Å². The second-order valence-electron chi connectivity index (χ2n) is 8.13. The predicted molar refractivity (Wildman–Crippen MR) is 96.1 cm³/mol. The molecule has 0 bridgehead atoms. The maximum Gasteiger partial charge on any atom is 0.128 e. The van der Waals surface area contributed by atoms with Crippen LogP contribution < -0.4 is 4.74 Å². The zero-order valence-electron chi connectivity index (χ0n) is 15.1. The van der Waals surface area contributed by atoms with E-state index in [1.54, 1.807) is 0 Å². The van der Waals surface area contributed by atoms with Gasteiger partial charge >= 0.3 is 0 Å². The summed E-state index contributed by atoms with van der Waals surface area (Å²) in [4.78, 5) is 0. The SMILES string of the molecule is CC(C)CC1=CC(CC(C)C)(CC(C)C)Oc2ccccc21. The lowest BCUT2D eigenvalue weighted by molar-refractivity contribution is 0.0697. The third-order valence-corrected chi connectivity index (χ3v) is 4.12. The van der Waals surface area contributed by atoms with E-state index in [0.717, 1.165) is 25.0 Å². The zero-order chi connectivity index (χ0) is 16.3. The zero-order valence-corrected chi connectivity index (χ0v) is 15.1. The van der Waals surface area contributed by atoms with Crippen LogP contribution >= 0.6 is 0 Å². The number of allylic oxidation sites excluding steroid dienone is 1. The van der Waals surface area contributed by atoms with Crippen molar-refractivity contribution < 1.29 is 4.74 Å². The first-order valence-corrected chi connectivity index (χ1v) is 8.81. The van der Waals surface area contributed by atoms with E-state index >= 15 is 0 Å². The minimum atomic E-state index is -0.138. The summed E-state index contributed by atoms with van der Waals surface area (Å²) in [6.07, 6.45) is 5.75. The molecule has 0 aromatic heterocycles. The molecule has 0 saturated carbocycles. The van der Waals surface area contributed by atoms with Crippen LogP contribution in [0.3, 0.4) is 0 Å². The second kappa shape index (κ2) is 6.89. The minimum Gasteiger partial charge on any atom is -0.483 e. The number of benzene rings is 1. The molecule has 0 saturated heterocycles. The molecule has 1 nitrogen and oxygen atoms in total. The fourth-order valence-electron chi connectivity index (χ4n) is 3.74. The standard InChI is InChI=1S/C21H32O/c1-15(2)11-18-14-21(12-16(3)4,13-17(5)6)22-20-10-8-7-9-19(18)20/h7-10,14-17H,11-13H2,1-6H3. The summed E-state index contributed by atoms with van der Waals surface area (Å²) >= 11 is 0. The Morgan fingerprint density at radius 3 is 2.00 bits per heavy atom. The Balaban J connectivity index is 2.46. The highest BCUT2D eigenvalue weighted by Crippen LogP contribution is 2.43. The minimum absolute atomic E-state index is 0.138. The Labute approximate surface area is 136 Å². The highest BCUT2D eigenvalue weighted by molar-refractivity contribution is 5.73. The lowest BCUT2D eigenvalue weighted by atomic mass is 9.79. The largest absolute Gasteiger partial charge is 0.483 e. The van der Waals surface area contributed by atoms with Gasteiger partial charge in [-0.15, -0.1) is 0 Å². The van der Waals surface area contributed by atoms with Gasteiger partial charge in [0, 0.05) is 5.56 Å². The van der Waals surface area contributed by atoms with Crippen LogP contribution in [0.25, 0.3) is 5.57 Å². The van der Waals surface area contributed by atoms with Gasteiger partial charge in [-0.2, -0.15) is 0 Å². The molecular weight excluding hydrogens is 268 g/mol. The van der Waals surface area contributed by atoms with Crippen molar-refractivity contribution in [1.82, 2.24) is 0 Å². The monoisotopic (exact) mass is 300 g/mol. The van der Waals surface area contributed by atoms with Crippen LogP contribution in [-0.4, -0.2) is 5.60 Å². The van der Waals surface area contributed by atoms with Crippen molar-refractivity contribution in [1.29, 1.82) is 0 Å². The van der Waals surface area contributed by atoms with Gasteiger partial charge in [-0.3, -0.25) is 0 Å². The van der Waals surface area contributed by atoms with E-state index in [1.165, 1.54) is 11.1 Å². The van der Waals surface area contributed by atoms with E-state index in [1.807, 2.05) is 0 Å². The summed E-state index contributed by atoms with van der Waals surface area (Å²) in [6, 6.07) is 8.55. The summed E-state index contributed by atoms with van der Waals surface area (Å²) in [7, 11) is 0. The van der Waals surface area contributed by atoms with Crippen molar-refractivity contribution in [3.05, 3.63) is 35.9 Å². The van der Waals surface area contributed by atoms with Gasteiger partial charge in [-0.05, 0) is 54.7 Å². The molecule has 0 atom stereocenters. The summed E-state index contributed by atoms with van der Waals surface area (Å²) in [6.45, 7) is 13.8. The van der Waals surface area contributed by atoms with Crippen LogP contribution in [-0.2, 0) is 0 Å². The molecular formula is C21H32O. The molecule has 0 aliphatic carbocycles. The Hall–Kier alpha value is -1.24. The summed E-state index contributed by atoms with van der Waals surface area (Å²) in [5, 5.41) is 0. The molecule has 1 aliphatic heterocycles. The third kappa shape index (κ3) is 4.15. The number of ether oxygens (including phenoxy) is 1. The Morgan fingerprint density at radius 1 is 0.864 bits per heavy atom. The van der Waals surface area contributed by atoms with Crippen LogP contribution in [0, 0.1) is 17.8 Å². The molecule has 0 amide bonds. The van der Waals surface area contributed by atoms with Gasteiger partial charge in [-0.25, -0.2) is 0 Å². The maximum atomic E-state index is 6.58. The fourth-order valence-corrected chi connectivity index (χ4v) is 3.74. The van der Waals surface area contributed by atoms with E-state index < -0.39 is 0 Å². The van der Waals surface area contributed by atoms with Gasteiger partial charge in [0.1, 0.15) is 11.4 Å². The quantitative estimate of drug-likeness (QED) is 0.595. The Morgan fingerprint density at radius 2 is 1.45 bits per heavy atom. The summed E-state index contributed by atoms with van der Waals surface area (Å²) in [5.74, 6) is 2.98. The number of fused-ring (bicyclic) bond motifs is 1. The molecule has 122 valence electrons. The van der Waals surface area contributed by atoms with Crippen molar-refractivity contribution in [2.75, 3.05) is 0 Å². The van der Waals surface area contributed by atoms with Gasteiger partial charge in [-0.1, -0.05) is 59.7 Å². The van der Waals surface area contributed by atoms with Crippen molar-refractivity contribution in [3.63, 3.8) is 0 Å². The molecule has 1 heterocycles. The number of rotatable bonds is 6. The maximum absolute atomic E-state index is 6.58. The topological polar surface area (TPSA) is 9.23 Å². The van der Waals surface area contributed by atoms with Crippen LogP contribution in [0.4, 0.5) is 0 Å². The first kappa shape index (κ1) is 17.1. The number of hydrogen-bond donors (Lipinski definition) is 0. The van der Waals surface area contributed by atoms with Crippen LogP contribution in [0.2, 0.25) is 0 Å². The molecule has 1 aromatic rings. The average Bonchev–Trinajstić information content (AvgIpc) is 2.35. The van der Waals surface area contributed by atoms with Gasteiger partial charge in [0.25, 0.3) is 0 Å². The van der Waals surface area contributed by atoms with E-state index in [-0.39, 0.29) is 5.60 Å². The predicted octanol–water partition coefficient (Wildman–Crippen LogP) is 6.34. The second-order valence-corrected chi connectivity index (χ2v) is 8.13. The third-order valence-electron chi connectivity index (χ3n) is 4.12. The number of para-hydroxylation sites is 1. The first-order chi connectivity index (χ1) is 10.3. The van der Waals surface area contributed by atoms with E-state index in [0.29, 0.717) is 17.8 Å². The average molecular weight is 300 g/mol. The normalized spacial score (nSPS) is 16.7. The van der Waals surface area contributed by atoms with Crippen LogP contribution in [0.5, 0.6) is 5.75 Å². The molecule has 22 heavy (non-hydrogen) atoms. The lowest BCUT2D eigenvalue weighted by Crippen LogP contribution is -2.39. The highest BCUT2D eigenvalue weighted by atomic mass is 16.5. The van der Waals surface area contributed by atoms with Gasteiger partial charge in [0.05, 0.1) is 0 Å². The summed E-state index contributed by atoms with van der Waals surface area (Å²) < 4.78 is 6.58.